The van der Waals surface area contributed by atoms with E-state index in [-0.39, 0.29) is 5.91 Å². The van der Waals surface area contributed by atoms with Gasteiger partial charge in [0.05, 0.1) is 15.8 Å². The van der Waals surface area contributed by atoms with Crippen molar-refractivity contribution in [2.45, 2.75) is 13.5 Å². The van der Waals surface area contributed by atoms with Crippen LogP contribution in [-0.4, -0.2) is 18.0 Å². The molecule has 0 saturated carbocycles. The number of hydrogen-bond acceptors (Lipinski definition) is 4. The minimum Gasteiger partial charge on any atom is -0.481 e. The van der Waals surface area contributed by atoms with E-state index in [4.69, 9.17) is 4.74 Å². The molecule has 100 valence electrons. The zero-order valence-electron chi connectivity index (χ0n) is 10.6. The summed E-state index contributed by atoms with van der Waals surface area (Å²) in [4.78, 5) is 16.7. The van der Waals surface area contributed by atoms with Gasteiger partial charge in [-0.05, 0) is 40.0 Å². The van der Waals surface area contributed by atoms with Crippen molar-refractivity contribution in [1.82, 2.24) is 10.3 Å². The standard InChI is InChI=1S/C13H13BrN2O2S/c1-8-5-10(19-12(8)14)13(17)16-7-9-3-4-11(18-2)15-6-9/h3-6H,7H2,1-2H3,(H,16,17). The maximum absolute atomic E-state index is 11.9. The van der Waals surface area contributed by atoms with Crippen LogP contribution in [-0.2, 0) is 6.54 Å². The summed E-state index contributed by atoms with van der Waals surface area (Å²) in [6.45, 7) is 2.41. The predicted molar refractivity (Wildman–Crippen MR) is 78.7 cm³/mol. The van der Waals surface area contributed by atoms with Crippen molar-refractivity contribution in [3.8, 4) is 5.88 Å². The Bertz CT molecular complexity index is 561. The van der Waals surface area contributed by atoms with Crippen molar-refractivity contribution in [2.24, 2.45) is 0 Å². The third kappa shape index (κ3) is 3.54. The van der Waals surface area contributed by atoms with Gasteiger partial charge in [-0.25, -0.2) is 4.98 Å². The van der Waals surface area contributed by atoms with Crippen LogP contribution in [0.25, 0.3) is 0 Å². The Kier molecular flexibility index (Phi) is 4.55. The first-order valence-corrected chi connectivity index (χ1v) is 7.24. The largest absolute Gasteiger partial charge is 0.481 e. The van der Waals surface area contributed by atoms with Crippen LogP contribution in [0.1, 0.15) is 20.8 Å². The summed E-state index contributed by atoms with van der Waals surface area (Å²) in [5.74, 6) is 0.488. The zero-order chi connectivity index (χ0) is 13.8. The number of methoxy groups -OCH3 is 1. The van der Waals surface area contributed by atoms with Crippen LogP contribution in [0.4, 0.5) is 0 Å². The molecule has 0 radical (unpaired) electrons. The van der Waals surface area contributed by atoms with Gasteiger partial charge in [-0.3, -0.25) is 4.79 Å². The van der Waals surface area contributed by atoms with Crippen molar-refractivity contribution in [1.29, 1.82) is 0 Å². The number of pyridine rings is 1. The van der Waals surface area contributed by atoms with Crippen LogP contribution in [0.2, 0.25) is 0 Å². The number of carbonyl (C=O) groups is 1. The number of aromatic nitrogens is 1. The lowest BCUT2D eigenvalue weighted by Crippen LogP contribution is -2.21. The molecule has 0 aromatic carbocycles. The second-order valence-corrected chi connectivity index (χ2v) is 6.33. The molecule has 0 aliphatic heterocycles. The number of amides is 1. The van der Waals surface area contributed by atoms with E-state index in [1.165, 1.54) is 11.3 Å². The van der Waals surface area contributed by atoms with E-state index >= 15 is 0 Å². The highest BCUT2D eigenvalue weighted by Gasteiger charge is 2.10. The number of carbonyl (C=O) groups excluding carboxylic acids is 1. The molecule has 2 aromatic rings. The third-order valence-corrected chi connectivity index (χ3v) is 4.68. The lowest BCUT2D eigenvalue weighted by Gasteiger charge is -2.04. The van der Waals surface area contributed by atoms with E-state index in [2.05, 4.69) is 26.2 Å². The van der Waals surface area contributed by atoms with Gasteiger partial charge in [0.25, 0.3) is 5.91 Å². The molecule has 0 aliphatic rings. The second-order valence-electron chi connectivity index (χ2n) is 3.96. The number of nitrogens with zero attached hydrogens (tertiary/aromatic N) is 1. The number of aryl methyl sites for hydroxylation is 1. The van der Waals surface area contributed by atoms with Crippen molar-refractivity contribution in [2.75, 3.05) is 7.11 Å². The van der Waals surface area contributed by atoms with Crippen LogP contribution >= 0.6 is 27.3 Å². The minimum atomic E-state index is -0.0744. The van der Waals surface area contributed by atoms with Gasteiger partial charge in [0.15, 0.2) is 0 Å². The Balaban J connectivity index is 1.96. The highest BCUT2D eigenvalue weighted by Crippen LogP contribution is 2.27. The molecule has 19 heavy (non-hydrogen) atoms. The number of nitrogens with one attached hydrogen (secondary N) is 1. The Morgan fingerprint density at radius 3 is 2.84 bits per heavy atom. The molecule has 0 fully saturated rings. The molecule has 4 nitrogen and oxygen atoms in total. The maximum Gasteiger partial charge on any atom is 0.261 e. The fourth-order valence-corrected chi connectivity index (χ4v) is 2.93. The Morgan fingerprint density at radius 1 is 1.53 bits per heavy atom. The molecular formula is C13H13BrN2O2S. The maximum atomic E-state index is 11.9. The molecule has 1 amide bonds. The molecule has 1 N–H and O–H groups in total. The normalized spacial score (nSPS) is 10.3. The molecule has 0 unspecified atom stereocenters. The third-order valence-electron chi connectivity index (χ3n) is 2.54. The first kappa shape index (κ1) is 14.0. The zero-order valence-corrected chi connectivity index (χ0v) is 13.0. The highest BCUT2D eigenvalue weighted by molar-refractivity contribution is 9.11. The van der Waals surface area contributed by atoms with Crippen LogP contribution in [0.3, 0.4) is 0 Å². The first-order valence-electron chi connectivity index (χ1n) is 5.63. The van der Waals surface area contributed by atoms with Crippen molar-refractivity contribution >= 4 is 33.2 Å². The summed E-state index contributed by atoms with van der Waals surface area (Å²) in [6.07, 6.45) is 1.69. The van der Waals surface area contributed by atoms with E-state index in [0.717, 1.165) is 14.9 Å². The van der Waals surface area contributed by atoms with E-state index in [1.54, 1.807) is 19.4 Å². The van der Waals surface area contributed by atoms with Gasteiger partial charge in [-0.2, -0.15) is 0 Å². The van der Waals surface area contributed by atoms with Gasteiger partial charge in [0.1, 0.15) is 0 Å². The number of halogens is 1. The molecule has 6 heteroatoms. The molecular weight excluding hydrogens is 328 g/mol. The summed E-state index contributed by atoms with van der Waals surface area (Å²) < 4.78 is 5.97. The van der Waals surface area contributed by atoms with Crippen LogP contribution in [0.5, 0.6) is 5.88 Å². The smallest absolute Gasteiger partial charge is 0.261 e. The minimum absolute atomic E-state index is 0.0744. The first-order chi connectivity index (χ1) is 9.10. The monoisotopic (exact) mass is 340 g/mol. The quantitative estimate of drug-likeness (QED) is 0.929. The van der Waals surface area contributed by atoms with Crippen LogP contribution < -0.4 is 10.1 Å². The second kappa shape index (κ2) is 6.16. The average Bonchev–Trinajstić information content (AvgIpc) is 2.77. The van der Waals surface area contributed by atoms with E-state index in [0.29, 0.717) is 17.3 Å². The summed E-state index contributed by atoms with van der Waals surface area (Å²) in [5, 5.41) is 2.86. The van der Waals surface area contributed by atoms with Gasteiger partial charge in [-0.15, -0.1) is 11.3 Å². The Labute approximate surface area is 124 Å². The highest BCUT2D eigenvalue weighted by atomic mass is 79.9. The Hall–Kier alpha value is -1.40. The van der Waals surface area contributed by atoms with Gasteiger partial charge < -0.3 is 10.1 Å². The SMILES string of the molecule is COc1ccc(CNC(=O)c2cc(C)c(Br)s2)cn1. The predicted octanol–water partition coefficient (Wildman–Crippen LogP) is 3.15. The molecule has 0 bridgehead atoms. The number of ether oxygens (including phenoxy) is 1. The summed E-state index contributed by atoms with van der Waals surface area (Å²) in [5.41, 5.74) is 2.00. The summed E-state index contributed by atoms with van der Waals surface area (Å²) >= 11 is 4.84. The number of hydrogen-bond donors (Lipinski definition) is 1. The fraction of sp³-hybridized carbons (Fsp3) is 0.231. The average molecular weight is 341 g/mol. The molecule has 0 spiro atoms. The lowest BCUT2D eigenvalue weighted by molar-refractivity contribution is 0.0955. The number of rotatable bonds is 4. The topological polar surface area (TPSA) is 51.2 Å². The summed E-state index contributed by atoms with van der Waals surface area (Å²) in [7, 11) is 1.57. The van der Waals surface area contributed by atoms with Gasteiger partial charge in [0, 0.05) is 18.8 Å². The van der Waals surface area contributed by atoms with Crippen LogP contribution in [0.15, 0.2) is 28.2 Å². The molecule has 2 aromatic heterocycles. The molecule has 0 saturated heterocycles. The molecule has 2 rings (SSSR count). The van der Waals surface area contributed by atoms with E-state index in [9.17, 15) is 4.79 Å². The van der Waals surface area contributed by atoms with Gasteiger partial charge in [0.2, 0.25) is 5.88 Å². The number of thiophene rings is 1. The fourth-order valence-electron chi connectivity index (χ4n) is 1.48. The molecule has 0 atom stereocenters. The van der Waals surface area contributed by atoms with Crippen molar-refractivity contribution in [3.63, 3.8) is 0 Å². The summed E-state index contributed by atoms with van der Waals surface area (Å²) in [6, 6.07) is 5.52. The van der Waals surface area contributed by atoms with Gasteiger partial charge >= 0.3 is 0 Å². The van der Waals surface area contributed by atoms with E-state index in [1.807, 2.05) is 19.1 Å². The Morgan fingerprint density at radius 2 is 2.32 bits per heavy atom. The van der Waals surface area contributed by atoms with Crippen LogP contribution in [0, 0.1) is 6.92 Å². The van der Waals surface area contributed by atoms with E-state index < -0.39 is 0 Å². The van der Waals surface area contributed by atoms with Crippen molar-refractivity contribution in [3.05, 3.63) is 44.2 Å². The lowest BCUT2D eigenvalue weighted by atomic mass is 10.3. The van der Waals surface area contributed by atoms with Crippen molar-refractivity contribution < 1.29 is 9.53 Å². The van der Waals surface area contributed by atoms with Gasteiger partial charge in [-0.1, -0.05) is 6.07 Å². The molecule has 0 aliphatic carbocycles. The molecule has 2 heterocycles.